The first-order valence-corrected chi connectivity index (χ1v) is 14.3. The average molecular weight is 503 g/mol. The lowest BCUT2D eigenvalue weighted by Gasteiger charge is -2.43. The fourth-order valence-electron chi connectivity index (χ4n) is 5.33. The van der Waals surface area contributed by atoms with Crippen LogP contribution in [-0.2, 0) is 15.8 Å². The molecule has 0 radical (unpaired) electrons. The van der Waals surface area contributed by atoms with E-state index < -0.39 is 8.32 Å². The van der Waals surface area contributed by atoms with Gasteiger partial charge in [-0.25, -0.2) is 15.0 Å². The minimum atomic E-state index is -2.60. The zero-order valence-electron chi connectivity index (χ0n) is 21.3. The highest BCUT2D eigenvalue weighted by Gasteiger charge is 2.51. The molecule has 0 aliphatic carbocycles. The number of likely N-dealkylation sites (N-methyl/N-ethyl adjacent to an activating group) is 1. The molecule has 188 valence electrons. The lowest BCUT2D eigenvalue weighted by atomic mass is 10.1. The summed E-state index contributed by atoms with van der Waals surface area (Å²) in [7, 11) is -0.611. The number of nitrogen functional groups attached to an aromatic ring is 1. The molecule has 0 saturated carbocycles. The molecule has 9 heteroatoms. The Hall–Kier alpha value is -3.11. The quantitative estimate of drug-likeness (QED) is 0.389. The molecular weight excluding hydrogens is 468 g/mol. The van der Waals surface area contributed by atoms with Crippen LogP contribution >= 0.6 is 0 Å². The number of hydroxylamine groups is 2. The van der Waals surface area contributed by atoms with Crippen molar-refractivity contribution in [2.24, 2.45) is 0 Å². The molecule has 5 rings (SSSR count). The maximum atomic E-state index is 7.15. The van der Waals surface area contributed by atoms with Crippen molar-refractivity contribution < 1.29 is 9.26 Å². The Kier molecular flexibility index (Phi) is 6.65. The monoisotopic (exact) mass is 502 g/mol. The number of aromatic nitrogens is 4. The lowest BCUT2D eigenvalue weighted by Crippen LogP contribution is -2.67. The van der Waals surface area contributed by atoms with Crippen LogP contribution in [0.2, 0.25) is 5.04 Å². The van der Waals surface area contributed by atoms with Gasteiger partial charge in [-0.05, 0) is 21.8 Å². The summed E-state index contributed by atoms with van der Waals surface area (Å²) in [6, 6.07) is 21.6. The highest BCUT2D eigenvalue weighted by atomic mass is 28.4. The number of anilines is 1. The van der Waals surface area contributed by atoms with Crippen LogP contribution in [0, 0.1) is 0 Å². The van der Waals surface area contributed by atoms with E-state index in [4.69, 9.17) is 15.0 Å². The van der Waals surface area contributed by atoms with Gasteiger partial charge in [0.1, 0.15) is 11.8 Å². The van der Waals surface area contributed by atoms with Crippen LogP contribution in [-0.4, -0.2) is 58.7 Å². The van der Waals surface area contributed by atoms with E-state index in [-0.39, 0.29) is 17.2 Å². The molecular formula is C27H34N6O2Si. The fraction of sp³-hybridized carbons (Fsp3) is 0.370. The van der Waals surface area contributed by atoms with Crippen LogP contribution in [0.3, 0.4) is 0 Å². The predicted molar refractivity (Wildman–Crippen MR) is 144 cm³/mol. The van der Waals surface area contributed by atoms with Crippen molar-refractivity contribution in [3.63, 3.8) is 0 Å². The molecule has 0 unspecified atom stereocenters. The number of hydrogen-bond acceptors (Lipinski definition) is 7. The third-order valence-corrected chi connectivity index (χ3v) is 12.1. The van der Waals surface area contributed by atoms with E-state index in [2.05, 4.69) is 96.4 Å². The molecule has 8 nitrogen and oxygen atoms in total. The summed E-state index contributed by atoms with van der Waals surface area (Å²) in [5, 5.41) is 4.45. The normalized spacial score (nSPS) is 19.2. The van der Waals surface area contributed by atoms with Crippen LogP contribution < -0.4 is 16.1 Å². The number of rotatable bonds is 7. The second kappa shape index (κ2) is 9.74. The van der Waals surface area contributed by atoms with Crippen molar-refractivity contribution in [1.29, 1.82) is 0 Å². The van der Waals surface area contributed by atoms with Crippen molar-refractivity contribution in [1.82, 2.24) is 24.6 Å². The number of benzene rings is 2. The molecule has 0 amide bonds. The van der Waals surface area contributed by atoms with Crippen molar-refractivity contribution in [2.45, 2.75) is 50.9 Å². The summed E-state index contributed by atoms with van der Waals surface area (Å²) in [6.45, 7) is 8.12. The molecule has 1 aliphatic rings. The van der Waals surface area contributed by atoms with E-state index in [1.165, 1.54) is 16.7 Å². The third kappa shape index (κ3) is 4.43. The van der Waals surface area contributed by atoms with Crippen molar-refractivity contribution in [3.05, 3.63) is 73.3 Å². The Morgan fingerprint density at radius 2 is 1.64 bits per heavy atom. The third-order valence-electron chi connectivity index (χ3n) is 7.10. The summed E-state index contributed by atoms with van der Waals surface area (Å²) in [4.78, 5) is 19.0. The van der Waals surface area contributed by atoms with Gasteiger partial charge in [0, 0.05) is 7.05 Å². The number of nitrogens with zero attached hydrogens (tertiary/aromatic N) is 5. The number of nitrogens with two attached hydrogens (primary N) is 1. The van der Waals surface area contributed by atoms with Crippen molar-refractivity contribution >= 4 is 35.7 Å². The van der Waals surface area contributed by atoms with Crippen LogP contribution in [0.4, 0.5) is 5.82 Å². The van der Waals surface area contributed by atoms with E-state index in [1.54, 1.807) is 6.33 Å². The topological polar surface area (TPSA) is 91.3 Å². The summed E-state index contributed by atoms with van der Waals surface area (Å²) in [5.74, 6) is 0.389. The fourth-order valence-corrected chi connectivity index (χ4v) is 9.93. The van der Waals surface area contributed by atoms with Gasteiger partial charge >= 0.3 is 0 Å². The molecule has 2 aromatic carbocycles. The van der Waals surface area contributed by atoms with E-state index in [9.17, 15) is 0 Å². The first-order valence-electron chi connectivity index (χ1n) is 12.4. The second-order valence-electron chi connectivity index (χ2n) is 10.5. The number of fused-ring (bicyclic) bond motifs is 1. The maximum absolute atomic E-state index is 7.15. The summed E-state index contributed by atoms with van der Waals surface area (Å²) in [6.07, 6.45) is 4.05. The van der Waals surface area contributed by atoms with Gasteiger partial charge < -0.3 is 14.7 Å². The van der Waals surface area contributed by atoms with Crippen LogP contribution in [0.25, 0.3) is 11.2 Å². The van der Waals surface area contributed by atoms with Gasteiger partial charge in [0.2, 0.25) is 0 Å². The van der Waals surface area contributed by atoms with Crippen LogP contribution in [0.5, 0.6) is 0 Å². The van der Waals surface area contributed by atoms with Crippen LogP contribution in [0.1, 0.15) is 27.2 Å². The number of imidazole rings is 1. The second-order valence-corrected chi connectivity index (χ2v) is 14.8. The van der Waals surface area contributed by atoms with Gasteiger partial charge in [-0.3, -0.25) is 4.84 Å². The minimum absolute atomic E-state index is 0.0173. The molecule has 2 aromatic heterocycles. The summed E-state index contributed by atoms with van der Waals surface area (Å²) >= 11 is 0. The average Bonchev–Trinajstić information content (AvgIpc) is 3.44. The molecule has 2 atom stereocenters. The smallest absolute Gasteiger partial charge is 0.261 e. The molecule has 1 fully saturated rings. The molecule has 2 N–H and O–H groups in total. The molecule has 1 saturated heterocycles. The minimum Gasteiger partial charge on any atom is -0.406 e. The van der Waals surface area contributed by atoms with E-state index in [1.807, 2.05) is 16.7 Å². The largest absolute Gasteiger partial charge is 0.406 e. The van der Waals surface area contributed by atoms with E-state index in [0.717, 1.165) is 12.1 Å². The predicted octanol–water partition coefficient (Wildman–Crippen LogP) is 2.99. The Balaban J connectivity index is 1.38. The summed E-state index contributed by atoms with van der Waals surface area (Å²) in [5.41, 5.74) is 7.30. The highest BCUT2D eigenvalue weighted by molar-refractivity contribution is 6.99. The molecule has 0 bridgehead atoms. The molecule has 36 heavy (non-hydrogen) atoms. The first-order chi connectivity index (χ1) is 17.3. The van der Waals surface area contributed by atoms with Gasteiger partial charge in [-0.2, -0.15) is 5.06 Å². The maximum Gasteiger partial charge on any atom is 0.261 e. The van der Waals surface area contributed by atoms with Gasteiger partial charge in [-0.1, -0.05) is 81.4 Å². The van der Waals surface area contributed by atoms with E-state index >= 15 is 0 Å². The van der Waals surface area contributed by atoms with Gasteiger partial charge in [0.15, 0.2) is 11.5 Å². The number of hydrogen-bond donors (Lipinski definition) is 1. The zero-order chi connectivity index (χ0) is 25.3. The Morgan fingerprint density at radius 1 is 1.00 bits per heavy atom. The molecule has 3 heterocycles. The molecule has 0 spiro atoms. The van der Waals surface area contributed by atoms with Crippen molar-refractivity contribution in [2.75, 3.05) is 19.4 Å². The van der Waals surface area contributed by atoms with Crippen molar-refractivity contribution in [3.8, 4) is 0 Å². The van der Waals surface area contributed by atoms with Gasteiger partial charge in [0.05, 0.1) is 31.6 Å². The summed E-state index contributed by atoms with van der Waals surface area (Å²) < 4.78 is 9.13. The van der Waals surface area contributed by atoms with Gasteiger partial charge in [-0.15, -0.1) is 0 Å². The van der Waals surface area contributed by atoms with Crippen LogP contribution in [0.15, 0.2) is 73.3 Å². The zero-order valence-corrected chi connectivity index (χ0v) is 22.3. The SMILES string of the molecule is CN1O[C@H](Cn2cnc3c(N)ncnc32)C[C@@H]1CO[Si](c1ccccc1)(c1ccccc1)C(C)(C)C. The van der Waals surface area contributed by atoms with E-state index in [0.29, 0.717) is 24.5 Å². The highest BCUT2D eigenvalue weighted by Crippen LogP contribution is 2.37. The lowest BCUT2D eigenvalue weighted by molar-refractivity contribution is -0.150. The Bertz CT molecular complexity index is 1270. The van der Waals surface area contributed by atoms with Gasteiger partial charge in [0.25, 0.3) is 8.32 Å². The standard InChI is InChI=1S/C27H34N6O2Si/c1-27(2,3)36(22-11-7-5-8-12-22,23-13-9-6-10-14-23)34-17-20-15-21(35-32(20)4)16-33-19-31-24-25(28)29-18-30-26(24)33/h5-14,18-21H,15-17H2,1-4H3,(H2,28,29,30)/t20-,21+/m1/s1. The molecule has 4 aromatic rings. The first kappa shape index (κ1) is 24.6. The Morgan fingerprint density at radius 3 is 2.25 bits per heavy atom. The Labute approximate surface area is 213 Å². The molecule has 1 aliphatic heterocycles.